The molecule has 5 rings (SSSR count). The van der Waals surface area contributed by atoms with Gasteiger partial charge in [-0.25, -0.2) is 8.42 Å². The number of piperidine rings is 1. The van der Waals surface area contributed by atoms with E-state index in [4.69, 9.17) is 18.0 Å². The molecule has 0 bridgehead atoms. The van der Waals surface area contributed by atoms with Gasteiger partial charge in [0.25, 0.3) is 0 Å². The molecule has 2 saturated heterocycles. The number of thiocarbonyl (C=S) groups is 1. The van der Waals surface area contributed by atoms with Crippen LogP contribution in [0.5, 0.6) is 0 Å². The van der Waals surface area contributed by atoms with E-state index in [1.807, 2.05) is 53.2 Å². The number of nitrogens with one attached hydrogen (secondary N) is 2. The van der Waals surface area contributed by atoms with Crippen LogP contribution in [0.4, 0.5) is 13.2 Å². The van der Waals surface area contributed by atoms with Crippen LogP contribution in [-0.2, 0) is 21.4 Å². The van der Waals surface area contributed by atoms with Gasteiger partial charge >= 0.3 is 15.5 Å². The van der Waals surface area contributed by atoms with Crippen molar-refractivity contribution < 1.29 is 26.4 Å². The first-order valence-electron chi connectivity index (χ1n) is 12.5. The number of amides is 1. The number of carbonyl (C=O) groups excluding carboxylic acids is 1. The number of hydrogen-bond acceptors (Lipinski definition) is 5. The number of aromatic nitrogens is 1. The first kappa shape index (κ1) is 30.3. The highest BCUT2D eigenvalue weighted by molar-refractivity contribution is 7.90. The quantitative estimate of drug-likeness (QED) is 0.350. The van der Waals surface area contributed by atoms with Crippen molar-refractivity contribution in [2.75, 3.05) is 26.2 Å². The molecule has 14 heteroatoms. The lowest BCUT2D eigenvalue weighted by atomic mass is 10.0. The lowest BCUT2D eigenvalue weighted by Crippen LogP contribution is -2.50. The number of hydrogen-bond donors (Lipinski definition) is 3. The molecular formula is C26H29ClF3N5O3S2. The highest BCUT2D eigenvalue weighted by atomic mass is 35.5. The summed E-state index contributed by atoms with van der Waals surface area (Å²) in [4.78, 5) is 12.6. The van der Waals surface area contributed by atoms with Crippen molar-refractivity contribution in [3.05, 3.63) is 59.8 Å². The molecule has 1 amide bonds. The van der Waals surface area contributed by atoms with Crippen molar-refractivity contribution in [1.29, 1.82) is 0 Å². The van der Waals surface area contributed by atoms with E-state index in [1.54, 1.807) is 0 Å². The molecular weight excluding hydrogens is 587 g/mol. The summed E-state index contributed by atoms with van der Waals surface area (Å²) in [6, 6.07) is 13.1. The van der Waals surface area contributed by atoms with Gasteiger partial charge in [-0.2, -0.15) is 17.5 Å². The minimum absolute atomic E-state index is 0. The van der Waals surface area contributed by atoms with Crippen molar-refractivity contribution in [3.63, 3.8) is 0 Å². The largest absolute Gasteiger partial charge is 0.511 e. The number of benzene rings is 2. The fraction of sp³-hybridized carbons (Fsp3) is 0.385. The summed E-state index contributed by atoms with van der Waals surface area (Å²) in [5.41, 5.74) is 4.72. The molecule has 2 fully saturated rings. The third-order valence-electron chi connectivity index (χ3n) is 7.43. The Labute approximate surface area is 241 Å². The minimum Gasteiger partial charge on any atom is -0.389 e. The van der Waals surface area contributed by atoms with Crippen LogP contribution in [0, 0.1) is 5.92 Å². The zero-order chi connectivity index (χ0) is 27.9. The van der Waals surface area contributed by atoms with Gasteiger partial charge in [-0.15, -0.1) is 12.4 Å². The van der Waals surface area contributed by atoms with E-state index < -0.39 is 15.5 Å². The maximum absolute atomic E-state index is 13.1. The van der Waals surface area contributed by atoms with E-state index in [0.29, 0.717) is 29.5 Å². The Morgan fingerprint density at radius 1 is 1.12 bits per heavy atom. The monoisotopic (exact) mass is 615 g/mol. The van der Waals surface area contributed by atoms with Crippen molar-refractivity contribution in [1.82, 2.24) is 19.5 Å². The number of fused-ring (bicyclic) bond motifs is 1. The number of nitrogens with two attached hydrogens (primary N) is 1. The topological polar surface area (TPSA) is 109 Å². The molecule has 0 aliphatic carbocycles. The maximum atomic E-state index is 13.1. The van der Waals surface area contributed by atoms with Gasteiger partial charge in [0, 0.05) is 67.0 Å². The van der Waals surface area contributed by atoms with Gasteiger partial charge < -0.3 is 20.9 Å². The molecule has 4 N–H and O–H groups in total. The van der Waals surface area contributed by atoms with Gasteiger partial charge in [0.15, 0.2) is 0 Å². The molecule has 0 saturated carbocycles. The van der Waals surface area contributed by atoms with Crippen molar-refractivity contribution in [2.45, 2.75) is 30.9 Å². The van der Waals surface area contributed by atoms with Gasteiger partial charge in [0.1, 0.15) is 4.99 Å². The summed E-state index contributed by atoms with van der Waals surface area (Å²) < 4.78 is 65.6. The van der Waals surface area contributed by atoms with Crippen molar-refractivity contribution in [3.8, 4) is 11.1 Å². The van der Waals surface area contributed by atoms with Gasteiger partial charge in [-0.05, 0) is 36.1 Å². The highest BCUT2D eigenvalue weighted by Crippen LogP contribution is 2.38. The van der Waals surface area contributed by atoms with Crippen LogP contribution in [0.3, 0.4) is 0 Å². The van der Waals surface area contributed by atoms with Gasteiger partial charge in [0.05, 0.1) is 5.92 Å². The van der Waals surface area contributed by atoms with E-state index in [-0.39, 0.29) is 61.2 Å². The number of rotatable bonds is 7. The van der Waals surface area contributed by atoms with E-state index in [9.17, 15) is 26.4 Å². The van der Waals surface area contributed by atoms with Gasteiger partial charge in [0.2, 0.25) is 5.91 Å². The van der Waals surface area contributed by atoms with Crippen LogP contribution >= 0.6 is 24.6 Å². The normalized spacial score (nSPS) is 17.3. The molecule has 2 aromatic carbocycles. The van der Waals surface area contributed by atoms with Crippen LogP contribution in [0.2, 0.25) is 0 Å². The summed E-state index contributed by atoms with van der Waals surface area (Å²) >= 11 is 5.14. The summed E-state index contributed by atoms with van der Waals surface area (Å²) in [5, 5.41) is 6.95. The predicted molar refractivity (Wildman–Crippen MR) is 154 cm³/mol. The smallest absolute Gasteiger partial charge is 0.389 e. The average Bonchev–Trinajstić information content (AvgIpc) is 3.25. The van der Waals surface area contributed by atoms with E-state index >= 15 is 0 Å². The third kappa shape index (κ3) is 5.84. The number of carbonyl (C=O) groups is 1. The summed E-state index contributed by atoms with van der Waals surface area (Å²) in [5.74, 6) is -0.0546. The van der Waals surface area contributed by atoms with Crippen LogP contribution < -0.4 is 16.4 Å². The molecule has 3 heterocycles. The Morgan fingerprint density at radius 3 is 2.42 bits per heavy atom. The molecule has 3 aromatic rings. The molecule has 216 valence electrons. The Hall–Kier alpha value is -2.71. The first-order chi connectivity index (χ1) is 18.5. The summed E-state index contributed by atoms with van der Waals surface area (Å²) in [7, 11) is -5.37. The zero-order valence-corrected chi connectivity index (χ0v) is 23.7. The van der Waals surface area contributed by atoms with Crippen LogP contribution in [0.15, 0.2) is 48.7 Å². The Bertz CT molecular complexity index is 1530. The molecule has 40 heavy (non-hydrogen) atoms. The second-order valence-electron chi connectivity index (χ2n) is 9.90. The molecule has 1 aromatic heterocycles. The minimum atomic E-state index is -5.37. The molecule has 0 unspecified atom stereocenters. The lowest BCUT2D eigenvalue weighted by Gasteiger charge is -2.32. The predicted octanol–water partition coefficient (Wildman–Crippen LogP) is 3.69. The molecule has 8 nitrogen and oxygen atoms in total. The van der Waals surface area contributed by atoms with Crippen molar-refractivity contribution in [2.24, 2.45) is 11.7 Å². The van der Waals surface area contributed by atoms with Crippen LogP contribution in [0.1, 0.15) is 30.0 Å². The molecule has 2 aliphatic heterocycles. The molecule has 0 radical (unpaired) electrons. The number of sulfonamides is 1. The standard InChI is InChI=1S/C26H28F3N5O3S2.ClH/c27-26(28,29)39(36,37)33-8-6-20(7-9-33)34-15-22(17-2-1-3-18(11-17)24(30)38)21-5-4-16(10-23(21)34)12-32-25(35)19-13-31-14-19;/h1-5,10-11,15,19-20,31H,6-9,12-14H2,(H2,30,38)(H,32,35);1H. The second kappa shape index (κ2) is 11.6. The molecule has 2 aliphatic rings. The zero-order valence-electron chi connectivity index (χ0n) is 21.3. The first-order valence-corrected chi connectivity index (χ1v) is 14.4. The summed E-state index contributed by atoms with van der Waals surface area (Å²) in [6.07, 6.45) is 2.40. The fourth-order valence-corrected chi connectivity index (χ4v) is 6.20. The van der Waals surface area contributed by atoms with E-state index in [2.05, 4.69) is 10.6 Å². The Morgan fingerprint density at radius 2 is 1.82 bits per heavy atom. The average molecular weight is 616 g/mol. The highest BCUT2D eigenvalue weighted by Gasteiger charge is 2.50. The third-order valence-corrected chi connectivity index (χ3v) is 9.29. The Kier molecular flexibility index (Phi) is 8.81. The maximum Gasteiger partial charge on any atom is 0.511 e. The number of halogens is 4. The van der Waals surface area contributed by atoms with E-state index in [0.717, 1.165) is 27.6 Å². The summed E-state index contributed by atoms with van der Waals surface area (Å²) in [6.45, 7) is 1.19. The number of alkyl halides is 3. The van der Waals surface area contributed by atoms with Gasteiger partial charge in [-0.3, -0.25) is 4.79 Å². The molecule has 0 spiro atoms. The van der Waals surface area contributed by atoms with Gasteiger partial charge in [-0.1, -0.05) is 42.5 Å². The lowest BCUT2D eigenvalue weighted by molar-refractivity contribution is -0.126. The number of nitrogens with zero attached hydrogens (tertiary/aromatic N) is 2. The van der Waals surface area contributed by atoms with Crippen LogP contribution in [-0.4, -0.2) is 59.9 Å². The SMILES string of the molecule is Cl.NC(=S)c1cccc(-c2cn(C3CCN(S(=O)(=O)C(F)(F)F)CC3)c3cc(CNC(=O)C4CNC4)ccc23)c1. The molecule has 0 atom stereocenters. The Balaban J connectivity index is 0.00000370. The van der Waals surface area contributed by atoms with Crippen LogP contribution in [0.25, 0.3) is 22.0 Å². The second-order valence-corrected chi connectivity index (χ2v) is 12.3. The fourth-order valence-electron chi connectivity index (χ4n) is 5.09. The van der Waals surface area contributed by atoms with E-state index in [1.165, 1.54) is 0 Å². The van der Waals surface area contributed by atoms with Crippen molar-refractivity contribution >= 4 is 56.4 Å².